The lowest BCUT2D eigenvalue weighted by atomic mass is 10.2. The van der Waals surface area contributed by atoms with Gasteiger partial charge in [-0.05, 0) is 15.9 Å². The summed E-state index contributed by atoms with van der Waals surface area (Å²) in [6.07, 6.45) is 2.33. The van der Waals surface area contributed by atoms with E-state index in [4.69, 9.17) is 0 Å². The summed E-state index contributed by atoms with van der Waals surface area (Å²) in [5.41, 5.74) is -0.112. The van der Waals surface area contributed by atoms with E-state index < -0.39 is 10.6 Å². The maximum atomic E-state index is 12.3. The fourth-order valence-electron chi connectivity index (χ4n) is 0.702. The molecule has 3 nitrogen and oxygen atoms in total. The molecule has 0 amide bonds. The topological polar surface area (TPSA) is 34.9 Å². The van der Waals surface area contributed by atoms with Crippen molar-refractivity contribution in [1.82, 2.24) is 9.78 Å². The van der Waals surface area contributed by atoms with Crippen LogP contribution in [-0.2, 0) is 7.05 Å². The SMILES string of the molecule is Cn1cc(C(=O)C(F)(F)Br)cn1. The summed E-state index contributed by atoms with van der Waals surface area (Å²) in [4.78, 5) is 7.33. The van der Waals surface area contributed by atoms with Gasteiger partial charge in [-0.1, -0.05) is 0 Å². The monoisotopic (exact) mass is 238 g/mol. The zero-order chi connectivity index (χ0) is 9.35. The average Bonchev–Trinajstić information content (AvgIpc) is 2.32. The Labute approximate surface area is 75.5 Å². The van der Waals surface area contributed by atoms with E-state index in [1.807, 2.05) is 15.9 Å². The molecular weight excluding hydrogens is 234 g/mol. The van der Waals surface area contributed by atoms with Gasteiger partial charge in [0.1, 0.15) is 0 Å². The number of rotatable bonds is 2. The van der Waals surface area contributed by atoms with Gasteiger partial charge in [0, 0.05) is 13.2 Å². The lowest BCUT2D eigenvalue weighted by Gasteiger charge is -2.02. The first kappa shape index (κ1) is 9.31. The Morgan fingerprint density at radius 2 is 2.33 bits per heavy atom. The second kappa shape index (κ2) is 2.93. The number of halogens is 3. The third-order valence-corrected chi connectivity index (χ3v) is 1.58. The molecule has 6 heteroatoms. The first-order chi connectivity index (χ1) is 5.41. The van der Waals surface area contributed by atoms with Crippen molar-refractivity contribution in [2.24, 2.45) is 7.05 Å². The largest absolute Gasteiger partial charge is 0.363 e. The highest BCUT2D eigenvalue weighted by molar-refractivity contribution is 9.10. The molecule has 0 spiro atoms. The zero-order valence-corrected chi connectivity index (χ0v) is 7.68. The van der Waals surface area contributed by atoms with E-state index >= 15 is 0 Å². The van der Waals surface area contributed by atoms with Crippen molar-refractivity contribution in [3.63, 3.8) is 0 Å². The zero-order valence-electron chi connectivity index (χ0n) is 6.09. The molecule has 0 radical (unpaired) electrons. The van der Waals surface area contributed by atoms with E-state index in [0.29, 0.717) is 0 Å². The summed E-state index contributed by atoms with van der Waals surface area (Å²) in [5, 5.41) is 3.59. The van der Waals surface area contributed by atoms with Gasteiger partial charge in [0.05, 0.1) is 11.8 Å². The van der Waals surface area contributed by atoms with Crippen molar-refractivity contribution >= 4 is 21.7 Å². The van der Waals surface area contributed by atoms with Crippen molar-refractivity contribution in [3.05, 3.63) is 18.0 Å². The van der Waals surface area contributed by atoms with Gasteiger partial charge < -0.3 is 0 Å². The fraction of sp³-hybridized carbons (Fsp3) is 0.333. The van der Waals surface area contributed by atoms with Crippen molar-refractivity contribution in [1.29, 1.82) is 0 Å². The molecule has 0 aliphatic heterocycles. The van der Waals surface area contributed by atoms with E-state index in [1.54, 1.807) is 7.05 Å². The van der Waals surface area contributed by atoms with Crippen LogP contribution < -0.4 is 0 Å². The van der Waals surface area contributed by atoms with E-state index in [9.17, 15) is 13.6 Å². The van der Waals surface area contributed by atoms with Crippen molar-refractivity contribution in [2.75, 3.05) is 0 Å². The maximum Gasteiger partial charge on any atom is 0.363 e. The molecule has 1 aromatic rings. The van der Waals surface area contributed by atoms with E-state index in [0.717, 1.165) is 6.20 Å². The summed E-state index contributed by atoms with van der Waals surface area (Å²) in [7, 11) is 1.54. The molecule has 0 saturated carbocycles. The second-order valence-corrected chi connectivity index (χ2v) is 3.23. The van der Waals surface area contributed by atoms with Crippen LogP contribution >= 0.6 is 15.9 Å². The van der Waals surface area contributed by atoms with Crippen LogP contribution in [0.4, 0.5) is 8.78 Å². The number of carbonyl (C=O) groups excluding carboxylic acids is 1. The number of nitrogens with zero attached hydrogens (tertiary/aromatic N) is 2. The number of ketones is 1. The van der Waals surface area contributed by atoms with Gasteiger partial charge in [0.15, 0.2) is 0 Å². The van der Waals surface area contributed by atoms with E-state index in [2.05, 4.69) is 5.10 Å². The van der Waals surface area contributed by atoms with Crippen LogP contribution in [0.3, 0.4) is 0 Å². The first-order valence-corrected chi connectivity index (χ1v) is 3.81. The maximum absolute atomic E-state index is 12.3. The standard InChI is InChI=1S/C6H5BrF2N2O/c1-11-3-4(2-10-11)5(12)6(7,8)9/h2-3H,1H3. The Morgan fingerprint density at radius 1 is 1.75 bits per heavy atom. The normalized spacial score (nSPS) is 11.7. The summed E-state index contributed by atoms with van der Waals surface area (Å²) in [6.45, 7) is 0. The van der Waals surface area contributed by atoms with Gasteiger partial charge >= 0.3 is 4.83 Å². The molecule has 0 aromatic carbocycles. The summed E-state index contributed by atoms with van der Waals surface area (Å²) < 4.78 is 26.0. The number of Topliss-reactive ketones (excluding diaryl/α,β-unsaturated/α-hetero) is 1. The molecule has 0 N–H and O–H groups in total. The number of hydrogen-bond acceptors (Lipinski definition) is 2. The molecule has 0 fully saturated rings. The highest BCUT2D eigenvalue weighted by Gasteiger charge is 2.36. The smallest absolute Gasteiger partial charge is 0.286 e. The van der Waals surface area contributed by atoms with Crippen LogP contribution in [0.15, 0.2) is 12.4 Å². The summed E-state index contributed by atoms with van der Waals surface area (Å²) >= 11 is 1.97. The number of aryl methyl sites for hydroxylation is 1. The van der Waals surface area contributed by atoms with Crippen molar-refractivity contribution < 1.29 is 13.6 Å². The van der Waals surface area contributed by atoms with Crippen LogP contribution in [0, 0.1) is 0 Å². The Kier molecular flexibility index (Phi) is 2.27. The second-order valence-electron chi connectivity index (χ2n) is 2.23. The number of alkyl halides is 3. The number of aromatic nitrogens is 2. The van der Waals surface area contributed by atoms with Crippen molar-refractivity contribution in [3.8, 4) is 0 Å². The molecule has 1 heterocycles. The molecule has 0 aliphatic carbocycles. The molecule has 0 saturated heterocycles. The molecule has 1 aromatic heterocycles. The Bertz CT molecular complexity index is 305. The third kappa shape index (κ3) is 1.88. The Morgan fingerprint density at radius 3 is 2.67 bits per heavy atom. The predicted molar refractivity (Wildman–Crippen MR) is 41.4 cm³/mol. The number of hydrogen-bond donors (Lipinski definition) is 0. The van der Waals surface area contributed by atoms with Gasteiger partial charge in [0.2, 0.25) is 5.78 Å². The molecule has 12 heavy (non-hydrogen) atoms. The minimum Gasteiger partial charge on any atom is -0.286 e. The van der Waals surface area contributed by atoms with Crippen LogP contribution in [0.2, 0.25) is 0 Å². The molecule has 0 aliphatic rings. The van der Waals surface area contributed by atoms with Gasteiger partial charge in [0.25, 0.3) is 0 Å². The highest BCUT2D eigenvalue weighted by Crippen LogP contribution is 2.26. The molecule has 1 rings (SSSR count). The molecular formula is C6H5BrF2N2O. The quantitative estimate of drug-likeness (QED) is 0.580. The average molecular weight is 239 g/mol. The first-order valence-electron chi connectivity index (χ1n) is 3.01. The van der Waals surface area contributed by atoms with Gasteiger partial charge in [-0.15, -0.1) is 0 Å². The lowest BCUT2D eigenvalue weighted by Crippen LogP contribution is -2.20. The molecule has 0 atom stereocenters. The summed E-state index contributed by atoms with van der Waals surface area (Å²) in [6, 6.07) is 0. The van der Waals surface area contributed by atoms with Crippen molar-refractivity contribution in [2.45, 2.75) is 4.83 Å². The third-order valence-electron chi connectivity index (χ3n) is 1.22. The lowest BCUT2D eigenvalue weighted by molar-refractivity contribution is 0.0592. The molecule has 0 bridgehead atoms. The summed E-state index contributed by atoms with van der Waals surface area (Å²) in [5.74, 6) is -1.28. The minimum atomic E-state index is -3.50. The van der Waals surface area contributed by atoms with Gasteiger partial charge in [-0.3, -0.25) is 9.48 Å². The number of carbonyl (C=O) groups is 1. The highest BCUT2D eigenvalue weighted by atomic mass is 79.9. The molecule has 0 unspecified atom stereocenters. The van der Waals surface area contributed by atoms with E-state index in [-0.39, 0.29) is 5.56 Å². The van der Waals surface area contributed by atoms with E-state index in [1.165, 1.54) is 10.9 Å². The van der Waals surface area contributed by atoms with Gasteiger partial charge in [-0.25, -0.2) is 0 Å². The minimum absolute atomic E-state index is 0.112. The molecule has 66 valence electrons. The van der Waals surface area contributed by atoms with Gasteiger partial charge in [-0.2, -0.15) is 13.9 Å². The van der Waals surface area contributed by atoms with Crippen LogP contribution in [0.5, 0.6) is 0 Å². The fourth-order valence-corrected chi connectivity index (χ4v) is 0.931. The Hall–Kier alpha value is -0.780. The van der Waals surface area contributed by atoms with Crippen LogP contribution in [0.25, 0.3) is 0 Å². The van der Waals surface area contributed by atoms with Crippen LogP contribution in [0.1, 0.15) is 10.4 Å². The van der Waals surface area contributed by atoms with Crippen LogP contribution in [-0.4, -0.2) is 20.4 Å². The predicted octanol–water partition coefficient (Wildman–Crippen LogP) is 1.59. The Balaban J connectivity index is 2.93.